The second-order valence-corrected chi connectivity index (χ2v) is 8.59. The van der Waals surface area contributed by atoms with Gasteiger partial charge in [-0.2, -0.15) is 0 Å². The lowest BCUT2D eigenvalue weighted by Crippen LogP contribution is -2.38. The molecule has 0 radical (unpaired) electrons. The smallest absolute Gasteiger partial charge is 0.234 e. The first-order valence-corrected chi connectivity index (χ1v) is 10.5. The molecule has 1 heterocycles. The molecule has 2 aliphatic carbocycles. The van der Waals surface area contributed by atoms with Gasteiger partial charge in [0, 0.05) is 5.69 Å². The molecule has 5 heteroatoms. The van der Waals surface area contributed by atoms with Crippen molar-refractivity contribution in [2.45, 2.75) is 25.8 Å². The van der Waals surface area contributed by atoms with Crippen molar-refractivity contribution in [3.05, 3.63) is 77.9 Å². The largest absolute Gasteiger partial charge is 0.326 e. The van der Waals surface area contributed by atoms with E-state index >= 15 is 0 Å². The zero-order valence-corrected chi connectivity index (χ0v) is 16.8. The van der Waals surface area contributed by atoms with E-state index in [0.717, 1.165) is 17.5 Å². The van der Waals surface area contributed by atoms with Crippen LogP contribution in [-0.2, 0) is 14.4 Å². The van der Waals surface area contributed by atoms with E-state index in [2.05, 4.69) is 17.5 Å². The van der Waals surface area contributed by atoms with Crippen molar-refractivity contribution >= 4 is 23.4 Å². The van der Waals surface area contributed by atoms with Gasteiger partial charge >= 0.3 is 0 Å². The minimum Gasteiger partial charge on any atom is -0.326 e. The quantitative estimate of drug-likeness (QED) is 0.612. The van der Waals surface area contributed by atoms with Crippen LogP contribution in [0.25, 0.3) is 0 Å². The Bertz CT molecular complexity index is 998. The van der Waals surface area contributed by atoms with Crippen LogP contribution in [0.1, 0.15) is 30.0 Å². The molecule has 1 saturated heterocycles. The number of nitrogens with one attached hydrogen (secondary N) is 1. The van der Waals surface area contributed by atoms with E-state index < -0.39 is 6.04 Å². The fraction of sp³-hybridized carbons (Fsp3) is 0.320. The lowest BCUT2D eigenvalue weighted by atomic mass is 9.85. The van der Waals surface area contributed by atoms with Crippen molar-refractivity contribution < 1.29 is 14.4 Å². The van der Waals surface area contributed by atoms with Gasteiger partial charge in [-0.25, -0.2) is 0 Å². The van der Waals surface area contributed by atoms with Gasteiger partial charge in [-0.15, -0.1) is 0 Å². The fourth-order valence-corrected chi connectivity index (χ4v) is 5.29. The standard InChI is InChI=1S/C25H24N2O3/c1-15-7-9-16(10-8-15)20(14-21(28)26-19-5-3-2-4-6-19)27-24(29)22-17-11-12-18(13-17)23(22)25(27)30/h2-12,17-18,20,22-23H,13-14H2,1H3,(H,26,28). The number of aryl methyl sites for hydroxylation is 1. The van der Waals surface area contributed by atoms with Crippen LogP contribution in [0.4, 0.5) is 5.69 Å². The number of fused-ring (bicyclic) bond motifs is 5. The number of carbonyl (C=O) groups is 3. The molecule has 1 aliphatic heterocycles. The summed E-state index contributed by atoms with van der Waals surface area (Å²) in [4.78, 5) is 40.9. The van der Waals surface area contributed by atoms with Crippen LogP contribution in [0, 0.1) is 30.6 Å². The summed E-state index contributed by atoms with van der Waals surface area (Å²) in [6.07, 6.45) is 5.11. The summed E-state index contributed by atoms with van der Waals surface area (Å²) < 4.78 is 0. The first-order chi connectivity index (χ1) is 14.5. The predicted octanol–water partition coefficient (Wildman–Crippen LogP) is 3.87. The molecule has 5 nitrogen and oxygen atoms in total. The number of hydrogen-bond acceptors (Lipinski definition) is 3. The van der Waals surface area contributed by atoms with E-state index in [0.29, 0.717) is 5.69 Å². The highest BCUT2D eigenvalue weighted by Gasteiger charge is 2.60. The monoisotopic (exact) mass is 400 g/mol. The molecule has 2 aromatic carbocycles. The molecule has 2 fully saturated rings. The molecule has 5 unspecified atom stereocenters. The molecule has 2 bridgehead atoms. The van der Waals surface area contributed by atoms with Crippen LogP contribution in [-0.4, -0.2) is 22.6 Å². The van der Waals surface area contributed by atoms with Gasteiger partial charge in [-0.05, 0) is 42.9 Å². The molecule has 2 aromatic rings. The number of amides is 3. The Kier molecular flexibility index (Phi) is 4.54. The number of imide groups is 1. The Morgan fingerprint density at radius 2 is 1.57 bits per heavy atom. The number of hydrogen-bond donors (Lipinski definition) is 1. The summed E-state index contributed by atoms with van der Waals surface area (Å²) in [6.45, 7) is 1.99. The predicted molar refractivity (Wildman–Crippen MR) is 113 cm³/mol. The van der Waals surface area contributed by atoms with Gasteiger partial charge in [0.1, 0.15) is 0 Å². The molecule has 5 rings (SSSR count). The molecular weight excluding hydrogens is 376 g/mol. The zero-order chi connectivity index (χ0) is 20.8. The van der Waals surface area contributed by atoms with E-state index in [4.69, 9.17) is 0 Å². The number of anilines is 1. The maximum absolute atomic E-state index is 13.3. The number of rotatable bonds is 5. The number of para-hydroxylation sites is 1. The molecule has 3 aliphatic rings. The van der Waals surface area contributed by atoms with Gasteiger partial charge in [0.05, 0.1) is 24.3 Å². The van der Waals surface area contributed by atoms with Crippen LogP contribution < -0.4 is 5.32 Å². The van der Waals surface area contributed by atoms with E-state index in [1.54, 1.807) is 0 Å². The lowest BCUT2D eigenvalue weighted by Gasteiger charge is -2.28. The van der Waals surface area contributed by atoms with Gasteiger partial charge in [0.25, 0.3) is 0 Å². The summed E-state index contributed by atoms with van der Waals surface area (Å²) in [7, 11) is 0. The number of allylic oxidation sites excluding steroid dienone is 2. The van der Waals surface area contributed by atoms with Crippen LogP contribution in [0.5, 0.6) is 0 Å². The zero-order valence-electron chi connectivity index (χ0n) is 16.8. The molecule has 30 heavy (non-hydrogen) atoms. The minimum absolute atomic E-state index is 0.0393. The van der Waals surface area contributed by atoms with Crippen LogP contribution in [0.15, 0.2) is 66.7 Å². The highest BCUT2D eigenvalue weighted by Crippen LogP contribution is 2.54. The normalized spacial score (nSPS) is 27.4. The van der Waals surface area contributed by atoms with Gasteiger partial charge in [0.2, 0.25) is 17.7 Å². The van der Waals surface area contributed by atoms with Crippen molar-refractivity contribution in [1.82, 2.24) is 4.90 Å². The van der Waals surface area contributed by atoms with Gasteiger partial charge in [-0.3, -0.25) is 19.3 Å². The average Bonchev–Trinajstić information content (AvgIpc) is 3.42. The Balaban J connectivity index is 1.44. The van der Waals surface area contributed by atoms with E-state index in [-0.39, 0.29) is 47.8 Å². The van der Waals surface area contributed by atoms with E-state index in [9.17, 15) is 14.4 Å². The van der Waals surface area contributed by atoms with Crippen molar-refractivity contribution in [1.29, 1.82) is 0 Å². The SMILES string of the molecule is Cc1ccc(C(CC(=O)Nc2ccccc2)N2C(=O)C3C4C=CC(C4)C3C2=O)cc1. The topological polar surface area (TPSA) is 66.5 Å². The number of benzene rings is 2. The van der Waals surface area contributed by atoms with Gasteiger partial charge in [0.15, 0.2) is 0 Å². The summed E-state index contributed by atoms with van der Waals surface area (Å²) in [5.74, 6) is -0.697. The average molecular weight is 400 g/mol. The third kappa shape index (κ3) is 3.05. The third-order valence-electron chi connectivity index (χ3n) is 6.71. The number of nitrogens with zero attached hydrogens (tertiary/aromatic N) is 1. The molecule has 1 saturated carbocycles. The first kappa shape index (κ1) is 18.8. The van der Waals surface area contributed by atoms with Crippen LogP contribution in [0.2, 0.25) is 0 Å². The summed E-state index contributed by atoms with van der Waals surface area (Å²) in [6, 6.07) is 16.4. The summed E-state index contributed by atoms with van der Waals surface area (Å²) in [5.41, 5.74) is 2.60. The van der Waals surface area contributed by atoms with Gasteiger partial charge < -0.3 is 5.32 Å². The van der Waals surface area contributed by atoms with Crippen LogP contribution >= 0.6 is 0 Å². The summed E-state index contributed by atoms with van der Waals surface area (Å²) in [5, 5.41) is 2.89. The van der Waals surface area contributed by atoms with E-state index in [1.165, 1.54) is 4.90 Å². The second kappa shape index (κ2) is 7.24. The Morgan fingerprint density at radius 3 is 2.17 bits per heavy atom. The summed E-state index contributed by atoms with van der Waals surface area (Å²) >= 11 is 0. The van der Waals surface area contributed by atoms with Gasteiger partial charge in [-0.1, -0.05) is 60.2 Å². The fourth-order valence-electron chi connectivity index (χ4n) is 5.29. The highest BCUT2D eigenvalue weighted by atomic mass is 16.2. The Hall–Kier alpha value is -3.21. The van der Waals surface area contributed by atoms with Crippen molar-refractivity contribution in [2.75, 3.05) is 5.32 Å². The second-order valence-electron chi connectivity index (χ2n) is 8.59. The maximum Gasteiger partial charge on any atom is 0.234 e. The molecular formula is C25H24N2O3. The Morgan fingerprint density at radius 1 is 0.967 bits per heavy atom. The Labute approximate surface area is 175 Å². The molecule has 152 valence electrons. The minimum atomic E-state index is -0.598. The maximum atomic E-state index is 13.3. The first-order valence-electron chi connectivity index (χ1n) is 10.5. The van der Waals surface area contributed by atoms with Crippen molar-refractivity contribution in [3.63, 3.8) is 0 Å². The van der Waals surface area contributed by atoms with Crippen molar-refractivity contribution in [3.8, 4) is 0 Å². The van der Waals surface area contributed by atoms with E-state index in [1.807, 2.05) is 61.5 Å². The molecule has 1 N–H and O–H groups in total. The molecule has 0 spiro atoms. The molecule has 0 aromatic heterocycles. The number of likely N-dealkylation sites (tertiary alicyclic amines) is 1. The highest BCUT2D eigenvalue weighted by molar-refractivity contribution is 6.07. The van der Waals surface area contributed by atoms with Crippen molar-refractivity contribution in [2.24, 2.45) is 23.7 Å². The lowest BCUT2D eigenvalue weighted by molar-refractivity contribution is -0.144. The third-order valence-corrected chi connectivity index (χ3v) is 6.71. The van der Waals surface area contributed by atoms with Crippen LogP contribution in [0.3, 0.4) is 0 Å². The number of carbonyl (C=O) groups excluding carboxylic acids is 3. The molecule has 5 atom stereocenters. The molecule has 3 amide bonds.